The molecule has 18 aromatic rings. The normalized spacial score (nSPS) is 11.7. The van der Waals surface area contributed by atoms with Crippen LogP contribution >= 0.6 is 0 Å². The highest BCUT2D eigenvalue weighted by atomic mass is 15.0. The molecule has 13 aromatic carbocycles. The Hall–Kier alpha value is -12.9. The van der Waals surface area contributed by atoms with E-state index in [4.69, 9.17) is 9.97 Å². The summed E-state index contributed by atoms with van der Waals surface area (Å²) in [5.41, 5.74) is 21.2. The molecular weight excluding hydrogens is 1120 g/mol. The number of benzene rings is 13. The Bertz CT molecular complexity index is 5610. The lowest BCUT2D eigenvalue weighted by molar-refractivity contribution is 1.15. The molecule has 0 saturated heterocycles. The number of fused-ring (bicyclic) bond motifs is 12. The van der Waals surface area contributed by atoms with Gasteiger partial charge in [-0.15, -0.1) is 0 Å². The molecule has 0 spiro atoms. The first-order valence-electron chi connectivity index (χ1n) is 30.8. The average molecular weight is 1170 g/mol. The lowest BCUT2D eigenvalue weighted by Crippen LogP contribution is -2.03. The SMILES string of the molecule is N#Cc1ccc(-c2cc(-c3cc(-c4ccc(-n5c6ccccc6c6ccccc65)c(-c5ccc(C#N)cc5-n5c6ccccc6c6ccccc65)c4)nc(-c4ccccc4)n3)ccc2-n2c3ccccc3c3ccccc32)c(-n2c3ccccc3c3ccccc32)c1. The zero-order valence-electron chi connectivity index (χ0n) is 49.4. The molecule has 426 valence electrons. The molecule has 0 atom stereocenters. The first kappa shape index (κ1) is 52.3. The molecule has 92 heavy (non-hydrogen) atoms. The zero-order valence-corrected chi connectivity index (χ0v) is 49.4. The van der Waals surface area contributed by atoms with Crippen molar-refractivity contribution in [1.29, 1.82) is 10.5 Å². The second-order valence-electron chi connectivity index (χ2n) is 23.5. The smallest absolute Gasteiger partial charge is 0.160 e. The highest BCUT2D eigenvalue weighted by Gasteiger charge is 2.26. The molecule has 0 amide bonds. The van der Waals surface area contributed by atoms with E-state index in [-0.39, 0.29) is 0 Å². The van der Waals surface area contributed by atoms with Gasteiger partial charge in [0.2, 0.25) is 0 Å². The number of hydrogen-bond donors (Lipinski definition) is 0. The summed E-state index contributed by atoms with van der Waals surface area (Å²) < 4.78 is 9.41. The number of hydrogen-bond acceptors (Lipinski definition) is 4. The fraction of sp³-hybridized carbons (Fsp3) is 0. The summed E-state index contributed by atoms with van der Waals surface area (Å²) in [5, 5.41) is 30.6. The standard InChI is InChI=1S/C84H50N8/c85-51-53-38-42-66(82(46-53)91-76-34-16-8-26-62(76)63-27-9-17-35-77(63)91)68-48-56(40-44-80(68)89-72-30-12-4-22-58(72)59-23-5-13-31-73(59)89)70-50-71(88-84(87-70)55-20-2-1-3-21-55)57-41-45-81(90-74-32-14-6-24-60(74)61-25-7-15-33-75(61)90)69(49-57)67-43-39-54(52-86)47-83(67)92-78-36-18-10-28-64(78)65-29-11-19-37-79(65)92/h1-50H. The predicted molar refractivity (Wildman–Crippen MR) is 376 cm³/mol. The van der Waals surface area contributed by atoms with Gasteiger partial charge in [0.1, 0.15) is 0 Å². The van der Waals surface area contributed by atoms with Crippen LogP contribution in [0.5, 0.6) is 0 Å². The predicted octanol–water partition coefficient (Wildman–Crippen LogP) is 20.9. The molecule has 0 aliphatic rings. The van der Waals surface area contributed by atoms with Crippen molar-refractivity contribution in [1.82, 2.24) is 28.2 Å². The molecule has 0 fully saturated rings. The van der Waals surface area contributed by atoms with Gasteiger partial charge in [-0.05, 0) is 103 Å². The molecule has 0 saturated carbocycles. The van der Waals surface area contributed by atoms with Crippen LogP contribution in [-0.2, 0) is 0 Å². The minimum absolute atomic E-state index is 0.555. The van der Waals surface area contributed by atoms with E-state index in [2.05, 4.69) is 291 Å². The van der Waals surface area contributed by atoms with Gasteiger partial charge >= 0.3 is 0 Å². The van der Waals surface area contributed by atoms with E-state index in [1.807, 2.05) is 42.5 Å². The van der Waals surface area contributed by atoms with Crippen LogP contribution in [0.4, 0.5) is 0 Å². The summed E-state index contributed by atoms with van der Waals surface area (Å²) in [6.45, 7) is 0. The van der Waals surface area contributed by atoms with Crippen LogP contribution in [0.1, 0.15) is 11.1 Å². The van der Waals surface area contributed by atoms with Crippen LogP contribution in [0, 0.1) is 22.7 Å². The maximum absolute atomic E-state index is 10.7. The molecule has 5 aromatic heterocycles. The monoisotopic (exact) mass is 1170 g/mol. The van der Waals surface area contributed by atoms with E-state index in [0.29, 0.717) is 17.0 Å². The summed E-state index contributed by atoms with van der Waals surface area (Å²) in [5.74, 6) is 0.577. The molecule has 0 N–H and O–H groups in total. The second kappa shape index (κ2) is 20.9. The van der Waals surface area contributed by atoms with Crippen LogP contribution in [-0.4, -0.2) is 28.2 Å². The maximum Gasteiger partial charge on any atom is 0.160 e. The molecule has 8 nitrogen and oxygen atoms in total. The fourth-order valence-electron chi connectivity index (χ4n) is 14.4. The molecule has 0 bridgehead atoms. The van der Waals surface area contributed by atoms with E-state index in [0.717, 1.165) is 160 Å². The fourth-order valence-corrected chi connectivity index (χ4v) is 14.4. The van der Waals surface area contributed by atoms with Gasteiger partial charge in [-0.1, -0.05) is 200 Å². The molecule has 0 aliphatic carbocycles. The topological polar surface area (TPSA) is 93.1 Å². The van der Waals surface area contributed by atoms with Crippen molar-refractivity contribution < 1.29 is 0 Å². The molecule has 8 heteroatoms. The second-order valence-corrected chi connectivity index (χ2v) is 23.5. The summed E-state index contributed by atoms with van der Waals surface area (Å²) in [6.07, 6.45) is 0. The van der Waals surface area contributed by atoms with E-state index in [9.17, 15) is 10.5 Å². The largest absolute Gasteiger partial charge is 0.309 e. The minimum Gasteiger partial charge on any atom is -0.309 e. The summed E-state index contributed by atoms with van der Waals surface area (Å²) in [4.78, 5) is 11.1. The molecule has 5 heterocycles. The highest BCUT2D eigenvalue weighted by molar-refractivity contribution is 6.14. The third kappa shape index (κ3) is 8.08. The zero-order chi connectivity index (χ0) is 61.0. The molecule has 0 unspecified atom stereocenters. The van der Waals surface area contributed by atoms with Crippen molar-refractivity contribution >= 4 is 87.2 Å². The van der Waals surface area contributed by atoms with Gasteiger partial charge in [0.25, 0.3) is 0 Å². The third-order valence-corrected chi connectivity index (χ3v) is 18.5. The summed E-state index contributed by atoms with van der Waals surface area (Å²) >= 11 is 0. The van der Waals surface area contributed by atoms with Gasteiger partial charge in [0, 0.05) is 82.0 Å². The Morgan fingerprint density at radius 2 is 0.511 bits per heavy atom. The third-order valence-electron chi connectivity index (χ3n) is 18.5. The van der Waals surface area contributed by atoms with Crippen molar-refractivity contribution in [2.24, 2.45) is 0 Å². The summed E-state index contributed by atoms with van der Waals surface area (Å²) in [6, 6.07) is 112. The van der Waals surface area contributed by atoms with Gasteiger partial charge in [0.05, 0.1) is 102 Å². The van der Waals surface area contributed by atoms with E-state index in [1.54, 1.807) is 0 Å². The number of nitriles is 2. The van der Waals surface area contributed by atoms with Gasteiger partial charge in [0.15, 0.2) is 5.82 Å². The van der Waals surface area contributed by atoms with Gasteiger partial charge in [-0.25, -0.2) is 9.97 Å². The summed E-state index contributed by atoms with van der Waals surface area (Å²) in [7, 11) is 0. The van der Waals surface area contributed by atoms with E-state index < -0.39 is 0 Å². The Morgan fingerprint density at radius 3 is 0.815 bits per heavy atom. The first-order chi connectivity index (χ1) is 45.6. The number of rotatable bonds is 9. The molecular formula is C84H50N8. The molecule has 0 radical (unpaired) electrons. The van der Waals surface area contributed by atoms with E-state index >= 15 is 0 Å². The molecule has 18 rings (SSSR count). The highest BCUT2D eigenvalue weighted by Crippen LogP contribution is 2.46. The van der Waals surface area contributed by atoms with Crippen LogP contribution in [0.25, 0.3) is 166 Å². The van der Waals surface area contributed by atoms with Crippen molar-refractivity contribution in [3.8, 4) is 91.0 Å². The first-order valence-corrected chi connectivity index (χ1v) is 30.8. The van der Waals surface area contributed by atoms with Crippen molar-refractivity contribution in [3.63, 3.8) is 0 Å². The van der Waals surface area contributed by atoms with Gasteiger partial charge in [-0.3, -0.25) is 0 Å². The van der Waals surface area contributed by atoms with Gasteiger partial charge in [-0.2, -0.15) is 10.5 Å². The molecule has 0 aliphatic heterocycles. The Kier molecular flexibility index (Phi) is 11.9. The Balaban J connectivity index is 0.912. The van der Waals surface area contributed by atoms with Gasteiger partial charge < -0.3 is 18.3 Å². The Morgan fingerprint density at radius 1 is 0.228 bits per heavy atom. The van der Waals surface area contributed by atoms with Crippen LogP contribution in [0.3, 0.4) is 0 Å². The van der Waals surface area contributed by atoms with Crippen LogP contribution < -0.4 is 0 Å². The van der Waals surface area contributed by atoms with Crippen LogP contribution in [0.2, 0.25) is 0 Å². The lowest BCUT2D eigenvalue weighted by atomic mass is 9.94. The lowest BCUT2D eigenvalue weighted by Gasteiger charge is -2.21. The van der Waals surface area contributed by atoms with E-state index in [1.165, 1.54) is 0 Å². The minimum atomic E-state index is 0.555. The maximum atomic E-state index is 10.7. The number of nitrogens with zero attached hydrogens (tertiary/aromatic N) is 8. The quantitative estimate of drug-likeness (QED) is 0.144. The van der Waals surface area contributed by atoms with Crippen molar-refractivity contribution in [3.05, 3.63) is 314 Å². The number of aromatic nitrogens is 6. The Labute approximate surface area is 528 Å². The number of para-hydroxylation sites is 8. The van der Waals surface area contributed by atoms with Crippen molar-refractivity contribution in [2.45, 2.75) is 0 Å². The van der Waals surface area contributed by atoms with Crippen LogP contribution in [0.15, 0.2) is 303 Å². The average Bonchev–Trinajstić information content (AvgIpc) is 1.54. The van der Waals surface area contributed by atoms with Crippen molar-refractivity contribution in [2.75, 3.05) is 0 Å².